The van der Waals surface area contributed by atoms with Crippen LogP contribution in [0, 0.1) is 0 Å². The van der Waals surface area contributed by atoms with Crippen LogP contribution in [-0.4, -0.2) is 41.6 Å². The van der Waals surface area contributed by atoms with Crippen molar-refractivity contribution in [3.8, 4) is 0 Å². The van der Waals surface area contributed by atoms with Crippen molar-refractivity contribution in [2.75, 3.05) is 24.7 Å². The molecule has 0 aliphatic carbocycles. The zero-order chi connectivity index (χ0) is 15.5. The van der Waals surface area contributed by atoms with Crippen molar-refractivity contribution in [3.05, 3.63) is 0 Å². The van der Waals surface area contributed by atoms with E-state index in [0.717, 1.165) is 12.8 Å². The van der Waals surface area contributed by atoms with Crippen molar-refractivity contribution in [1.82, 2.24) is 0 Å². The van der Waals surface area contributed by atoms with E-state index in [9.17, 15) is 16.8 Å². The summed E-state index contributed by atoms with van der Waals surface area (Å²) in [5.41, 5.74) is 0. The van der Waals surface area contributed by atoms with Crippen molar-refractivity contribution < 1.29 is 25.2 Å². The maximum absolute atomic E-state index is 11.4. The molecule has 0 saturated heterocycles. The van der Waals surface area contributed by atoms with Gasteiger partial charge < -0.3 is 0 Å². The summed E-state index contributed by atoms with van der Waals surface area (Å²) in [5.74, 6) is -0.303. The summed E-state index contributed by atoms with van der Waals surface area (Å²) in [4.78, 5) is 0. The molecule has 0 amide bonds. The summed E-state index contributed by atoms with van der Waals surface area (Å²) < 4.78 is 55.3. The van der Waals surface area contributed by atoms with Crippen LogP contribution in [0.1, 0.15) is 52.4 Å². The number of rotatable bonds is 13. The molecule has 0 N–H and O–H groups in total. The lowest BCUT2D eigenvalue weighted by Gasteiger charge is -2.06. The molecule has 0 spiro atoms. The molecular formula is C12H26O6S2. The van der Waals surface area contributed by atoms with Gasteiger partial charge in [0.25, 0.3) is 20.2 Å². The van der Waals surface area contributed by atoms with Gasteiger partial charge in [-0.1, -0.05) is 26.7 Å². The van der Waals surface area contributed by atoms with E-state index in [4.69, 9.17) is 8.37 Å². The molecule has 0 aromatic heterocycles. The first-order valence-electron chi connectivity index (χ1n) is 7.07. The normalized spacial score (nSPS) is 12.7. The number of hydrogen-bond donors (Lipinski definition) is 0. The van der Waals surface area contributed by atoms with E-state index in [-0.39, 0.29) is 37.6 Å². The van der Waals surface area contributed by atoms with E-state index >= 15 is 0 Å². The van der Waals surface area contributed by atoms with Gasteiger partial charge in [0.2, 0.25) is 0 Å². The molecule has 0 unspecified atom stereocenters. The van der Waals surface area contributed by atoms with Crippen LogP contribution < -0.4 is 0 Å². The quantitative estimate of drug-likeness (QED) is 0.379. The summed E-state index contributed by atoms with van der Waals surface area (Å²) in [7, 11) is -7.06. The molecule has 0 saturated carbocycles. The fourth-order valence-electron chi connectivity index (χ4n) is 1.34. The molecule has 0 heterocycles. The smallest absolute Gasteiger partial charge is 0.267 e. The lowest BCUT2D eigenvalue weighted by atomic mass is 10.4. The molecule has 0 aliphatic rings. The Morgan fingerprint density at radius 3 is 1.30 bits per heavy atom. The van der Waals surface area contributed by atoms with E-state index in [2.05, 4.69) is 0 Å². The molecule has 0 aliphatic heterocycles. The topological polar surface area (TPSA) is 86.7 Å². The average Bonchev–Trinajstić information content (AvgIpc) is 2.35. The highest BCUT2D eigenvalue weighted by molar-refractivity contribution is 7.87. The molecular weight excluding hydrogens is 304 g/mol. The summed E-state index contributed by atoms with van der Waals surface area (Å²) >= 11 is 0. The Labute approximate surface area is 123 Å². The molecule has 0 radical (unpaired) electrons. The van der Waals surface area contributed by atoms with Gasteiger partial charge in [-0.2, -0.15) is 16.8 Å². The Hall–Kier alpha value is -0.180. The minimum atomic E-state index is -3.53. The third kappa shape index (κ3) is 11.6. The van der Waals surface area contributed by atoms with E-state index in [1.165, 1.54) is 0 Å². The highest BCUT2D eigenvalue weighted by Crippen LogP contribution is 2.05. The first kappa shape index (κ1) is 19.8. The van der Waals surface area contributed by atoms with E-state index in [1.54, 1.807) is 0 Å². The van der Waals surface area contributed by atoms with Gasteiger partial charge in [-0.05, 0) is 25.7 Å². The van der Waals surface area contributed by atoms with Crippen molar-refractivity contribution in [3.63, 3.8) is 0 Å². The lowest BCUT2D eigenvalue weighted by Crippen LogP contribution is -2.15. The SMILES string of the molecule is CCCCOS(=O)(=O)CCCCS(=O)(=O)OCCCC. The summed E-state index contributed by atoms with van der Waals surface area (Å²) in [5, 5.41) is 0. The molecule has 122 valence electrons. The van der Waals surface area contributed by atoms with Crippen molar-refractivity contribution >= 4 is 20.2 Å². The molecule has 20 heavy (non-hydrogen) atoms. The van der Waals surface area contributed by atoms with E-state index < -0.39 is 20.2 Å². The van der Waals surface area contributed by atoms with Crippen LogP contribution in [0.5, 0.6) is 0 Å². The van der Waals surface area contributed by atoms with Crippen LogP contribution in [0.3, 0.4) is 0 Å². The Kier molecular flexibility index (Phi) is 10.4. The Morgan fingerprint density at radius 1 is 0.650 bits per heavy atom. The second-order valence-corrected chi connectivity index (χ2v) is 8.10. The number of unbranched alkanes of at least 4 members (excludes halogenated alkanes) is 3. The zero-order valence-electron chi connectivity index (χ0n) is 12.3. The van der Waals surface area contributed by atoms with Crippen molar-refractivity contribution in [1.29, 1.82) is 0 Å². The summed E-state index contributed by atoms with van der Waals surface area (Å²) in [6, 6.07) is 0. The third-order valence-electron chi connectivity index (χ3n) is 2.56. The van der Waals surface area contributed by atoms with E-state index in [1.807, 2.05) is 13.8 Å². The van der Waals surface area contributed by atoms with Crippen molar-refractivity contribution in [2.24, 2.45) is 0 Å². The minimum Gasteiger partial charge on any atom is -0.270 e. The van der Waals surface area contributed by atoms with Gasteiger partial charge in [0.15, 0.2) is 0 Å². The second-order valence-electron chi connectivity index (χ2n) is 4.58. The third-order valence-corrected chi connectivity index (χ3v) is 5.19. The average molecular weight is 330 g/mol. The fourth-order valence-corrected chi connectivity index (χ4v) is 3.43. The van der Waals surface area contributed by atoms with Gasteiger partial charge in [-0.15, -0.1) is 0 Å². The van der Waals surface area contributed by atoms with Crippen LogP contribution in [0.25, 0.3) is 0 Å². The van der Waals surface area contributed by atoms with Gasteiger partial charge in [0.05, 0.1) is 24.7 Å². The molecule has 6 nitrogen and oxygen atoms in total. The van der Waals surface area contributed by atoms with Gasteiger partial charge >= 0.3 is 0 Å². The standard InChI is InChI=1S/C12H26O6S2/c1-3-5-9-17-19(13,14)11-7-8-12-20(15,16)18-10-6-4-2/h3-12H2,1-2H3. The molecule has 0 rings (SSSR count). The van der Waals surface area contributed by atoms with Gasteiger partial charge in [-0.25, -0.2) is 0 Å². The first-order valence-corrected chi connectivity index (χ1v) is 10.2. The van der Waals surface area contributed by atoms with Crippen LogP contribution in [-0.2, 0) is 28.6 Å². The maximum atomic E-state index is 11.4. The Morgan fingerprint density at radius 2 is 1.00 bits per heavy atom. The molecule has 0 bridgehead atoms. The lowest BCUT2D eigenvalue weighted by molar-refractivity contribution is 0.307. The van der Waals surface area contributed by atoms with Crippen molar-refractivity contribution in [2.45, 2.75) is 52.4 Å². The van der Waals surface area contributed by atoms with Gasteiger partial charge in [0, 0.05) is 0 Å². The van der Waals surface area contributed by atoms with Crippen LogP contribution in [0.15, 0.2) is 0 Å². The molecule has 0 aromatic carbocycles. The maximum Gasteiger partial charge on any atom is 0.267 e. The zero-order valence-corrected chi connectivity index (χ0v) is 14.0. The highest BCUT2D eigenvalue weighted by atomic mass is 32.2. The van der Waals surface area contributed by atoms with Crippen LogP contribution in [0.4, 0.5) is 0 Å². The predicted molar refractivity (Wildman–Crippen MR) is 78.5 cm³/mol. The summed E-state index contributed by atoms with van der Waals surface area (Å²) in [6.45, 7) is 4.27. The largest absolute Gasteiger partial charge is 0.270 e. The summed E-state index contributed by atoms with van der Waals surface area (Å²) in [6.07, 6.45) is 3.62. The van der Waals surface area contributed by atoms with Crippen LogP contribution in [0.2, 0.25) is 0 Å². The first-order chi connectivity index (χ1) is 9.33. The minimum absolute atomic E-state index is 0.152. The monoisotopic (exact) mass is 330 g/mol. The Balaban J connectivity index is 3.84. The predicted octanol–water partition coefficient (Wildman–Crippen LogP) is 2.06. The Bertz CT molecular complexity index is 385. The van der Waals surface area contributed by atoms with Gasteiger partial charge in [0.1, 0.15) is 0 Å². The molecule has 0 aromatic rings. The molecule has 0 atom stereocenters. The van der Waals surface area contributed by atoms with Crippen LogP contribution >= 0.6 is 0 Å². The highest BCUT2D eigenvalue weighted by Gasteiger charge is 2.14. The molecule has 8 heteroatoms. The second kappa shape index (κ2) is 10.5. The molecule has 0 fully saturated rings. The fraction of sp³-hybridized carbons (Fsp3) is 1.00. The number of hydrogen-bond acceptors (Lipinski definition) is 6. The van der Waals surface area contributed by atoms with Gasteiger partial charge in [-0.3, -0.25) is 8.37 Å². The van der Waals surface area contributed by atoms with E-state index in [0.29, 0.717) is 12.8 Å².